The van der Waals surface area contributed by atoms with Crippen LogP contribution in [0.15, 0.2) is 23.1 Å². The third-order valence-electron chi connectivity index (χ3n) is 1.46. The van der Waals surface area contributed by atoms with E-state index in [0.29, 0.717) is 10.7 Å². The summed E-state index contributed by atoms with van der Waals surface area (Å²) in [5.41, 5.74) is 6.33. The normalized spacial score (nSPS) is 12.1. The predicted octanol–water partition coefficient (Wildman–Crippen LogP) is 2.93. The lowest BCUT2D eigenvalue weighted by molar-refractivity contribution is 1.23. The minimum absolute atomic E-state index is 0.0940. The van der Waals surface area contributed by atoms with Gasteiger partial charge >= 0.3 is 0 Å². The van der Waals surface area contributed by atoms with E-state index >= 15 is 0 Å². The van der Waals surface area contributed by atoms with Crippen molar-refractivity contribution in [1.29, 1.82) is 5.26 Å². The molecule has 0 aliphatic heterocycles. The molecule has 0 spiro atoms. The van der Waals surface area contributed by atoms with Gasteiger partial charge in [0.1, 0.15) is 0 Å². The summed E-state index contributed by atoms with van der Waals surface area (Å²) < 4.78 is 0. The molecule has 13 heavy (non-hydrogen) atoms. The molecule has 0 heterocycles. The van der Waals surface area contributed by atoms with Gasteiger partial charge in [-0.05, 0) is 25.1 Å². The molecule has 68 valence electrons. The van der Waals surface area contributed by atoms with Crippen molar-refractivity contribution >= 4 is 29.1 Å². The number of nitriles is 1. The Bertz CT molecular complexity index is 346. The summed E-state index contributed by atoms with van der Waals surface area (Å²) in [5.74, 6) is 0. The summed E-state index contributed by atoms with van der Waals surface area (Å²) in [7, 11) is 0. The number of nitrogens with zero attached hydrogens (tertiary/aromatic N) is 1. The van der Waals surface area contributed by atoms with Crippen LogP contribution in [-0.2, 0) is 0 Å². The molecule has 1 rings (SSSR count). The van der Waals surface area contributed by atoms with Crippen LogP contribution in [0.5, 0.6) is 0 Å². The Kier molecular flexibility index (Phi) is 3.47. The van der Waals surface area contributed by atoms with Crippen LogP contribution < -0.4 is 5.73 Å². The van der Waals surface area contributed by atoms with Gasteiger partial charge in [-0.15, -0.1) is 11.8 Å². The molecule has 4 heteroatoms. The van der Waals surface area contributed by atoms with Gasteiger partial charge in [0.25, 0.3) is 0 Å². The standard InChI is InChI=1S/C9H9ClN2S/c1-6(5-11)13-9-3-2-7(10)4-8(9)12/h2-4,6H,12H2,1H3. The molecule has 1 atom stereocenters. The van der Waals surface area contributed by atoms with Crippen molar-refractivity contribution in [3.63, 3.8) is 0 Å². The molecule has 1 aromatic carbocycles. The highest BCUT2D eigenvalue weighted by atomic mass is 35.5. The molecule has 0 radical (unpaired) electrons. The van der Waals surface area contributed by atoms with Gasteiger partial charge in [0.2, 0.25) is 0 Å². The zero-order chi connectivity index (χ0) is 9.84. The van der Waals surface area contributed by atoms with Gasteiger partial charge in [0.15, 0.2) is 0 Å². The second-order valence-electron chi connectivity index (χ2n) is 2.57. The first-order valence-electron chi connectivity index (χ1n) is 3.75. The molecule has 0 bridgehead atoms. The molecule has 2 nitrogen and oxygen atoms in total. The fourth-order valence-corrected chi connectivity index (χ4v) is 1.80. The van der Waals surface area contributed by atoms with Gasteiger partial charge < -0.3 is 5.73 Å². The Labute approximate surface area is 86.7 Å². The van der Waals surface area contributed by atoms with Crippen molar-refractivity contribution in [2.75, 3.05) is 5.73 Å². The Morgan fingerprint density at radius 3 is 2.85 bits per heavy atom. The molecule has 0 aliphatic carbocycles. The number of benzene rings is 1. The third kappa shape index (κ3) is 2.83. The maximum Gasteiger partial charge on any atom is 0.0936 e. The number of hydrogen-bond donors (Lipinski definition) is 1. The fraction of sp³-hybridized carbons (Fsp3) is 0.222. The minimum Gasteiger partial charge on any atom is -0.398 e. The van der Waals surface area contributed by atoms with Gasteiger partial charge in [0.05, 0.1) is 11.3 Å². The number of halogens is 1. The Hall–Kier alpha value is -0.850. The van der Waals surface area contributed by atoms with Gasteiger partial charge in [-0.3, -0.25) is 0 Å². The van der Waals surface area contributed by atoms with E-state index in [1.165, 1.54) is 11.8 Å². The average Bonchev–Trinajstić information content (AvgIpc) is 2.09. The van der Waals surface area contributed by atoms with Crippen molar-refractivity contribution in [2.45, 2.75) is 17.1 Å². The van der Waals surface area contributed by atoms with Crippen molar-refractivity contribution < 1.29 is 0 Å². The molecule has 1 unspecified atom stereocenters. The molecule has 0 aromatic heterocycles. The van der Waals surface area contributed by atoms with Crippen LogP contribution in [0.3, 0.4) is 0 Å². The SMILES string of the molecule is CC(C#N)Sc1ccc(Cl)cc1N. The largest absolute Gasteiger partial charge is 0.398 e. The van der Waals surface area contributed by atoms with Crippen LogP contribution in [0.4, 0.5) is 5.69 Å². The summed E-state index contributed by atoms with van der Waals surface area (Å²) in [6.45, 7) is 1.83. The van der Waals surface area contributed by atoms with E-state index in [2.05, 4.69) is 6.07 Å². The Morgan fingerprint density at radius 2 is 2.31 bits per heavy atom. The number of rotatable bonds is 2. The zero-order valence-corrected chi connectivity index (χ0v) is 8.69. The van der Waals surface area contributed by atoms with E-state index in [0.717, 1.165) is 4.90 Å². The first kappa shape index (κ1) is 10.2. The zero-order valence-electron chi connectivity index (χ0n) is 7.12. The van der Waals surface area contributed by atoms with Crippen molar-refractivity contribution in [1.82, 2.24) is 0 Å². The second-order valence-corrected chi connectivity index (χ2v) is 4.39. The smallest absolute Gasteiger partial charge is 0.0936 e. The molecule has 1 aromatic rings. The van der Waals surface area contributed by atoms with E-state index in [4.69, 9.17) is 22.6 Å². The highest BCUT2D eigenvalue weighted by Crippen LogP contribution is 2.30. The summed E-state index contributed by atoms with van der Waals surface area (Å²) in [6.07, 6.45) is 0. The Morgan fingerprint density at radius 1 is 1.62 bits per heavy atom. The number of nitrogen functional groups attached to an aromatic ring is 1. The van der Waals surface area contributed by atoms with Crippen molar-refractivity contribution in [2.24, 2.45) is 0 Å². The van der Waals surface area contributed by atoms with E-state index in [1.54, 1.807) is 12.1 Å². The number of anilines is 1. The molecule has 0 fully saturated rings. The van der Waals surface area contributed by atoms with Crippen molar-refractivity contribution in [3.8, 4) is 6.07 Å². The lowest BCUT2D eigenvalue weighted by atomic mass is 10.3. The number of hydrogen-bond acceptors (Lipinski definition) is 3. The van der Waals surface area contributed by atoms with Gasteiger partial charge in [0, 0.05) is 15.6 Å². The quantitative estimate of drug-likeness (QED) is 0.606. The molecule has 0 saturated heterocycles. The molecular weight excluding hydrogens is 204 g/mol. The first-order chi connectivity index (χ1) is 6.13. The highest BCUT2D eigenvalue weighted by molar-refractivity contribution is 8.00. The van der Waals surface area contributed by atoms with Crippen LogP contribution in [-0.4, -0.2) is 5.25 Å². The fourth-order valence-electron chi connectivity index (χ4n) is 0.843. The Balaban J connectivity index is 2.85. The van der Waals surface area contributed by atoms with Crippen LogP contribution in [0.2, 0.25) is 5.02 Å². The lowest BCUT2D eigenvalue weighted by Crippen LogP contribution is -1.93. The molecule has 2 N–H and O–H groups in total. The summed E-state index contributed by atoms with van der Waals surface area (Å²) >= 11 is 7.17. The average molecular weight is 213 g/mol. The predicted molar refractivity (Wildman–Crippen MR) is 56.8 cm³/mol. The lowest BCUT2D eigenvalue weighted by Gasteiger charge is -2.06. The van der Waals surface area contributed by atoms with Gasteiger partial charge in [-0.25, -0.2) is 0 Å². The number of nitrogens with two attached hydrogens (primary N) is 1. The van der Waals surface area contributed by atoms with Gasteiger partial charge in [-0.1, -0.05) is 11.6 Å². The highest BCUT2D eigenvalue weighted by Gasteiger charge is 2.05. The molecule has 0 saturated carbocycles. The second kappa shape index (κ2) is 4.40. The van der Waals surface area contributed by atoms with Crippen LogP contribution >= 0.6 is 23.4 Å². The van der Waals surface area contributed by atoms with Gasteiger partial charge in [-0.2, -0.15) is 5.26 Å². The van der Waals surface area contributed by atoms with E-state index in [9.17, 15) is 0 Å². The topological polar surface area (TPSA) is 49.8 Å². The molecular formula is C9H9ClN2S. The number of thioether (sulfide) groups is 1. The van der Waals surface area contributed by atoms with Crippen LogP contribution in [0, 0.1) is 11.3 Å². The summed E-state index contributed by atoms with van der Waals surface area (Å²) in [6, 6.07) is 7.42. The maximum absolute atomic E-state index is 8.60. The van der Waals surface area contributed by atoms with E-state index in [1.807, 2.05) is 13.0 Å². The molecule has 0 aliphatic rings. The van der Waals surface area contributed by atoms with E-state index < -0.39 is 0 Å². The third-order valence-corrected chi connectivity index (χ3v) is 2.78. The first-order valence-corrected chi connectivity index (χ1v) is 5.00. The summed E-state index contributed by atoms with van der Waals surface area (Å²) in [5, 5.41) is 9.13. The van der Waals surface area contributed by atoms with Crippen LogP contribution in [0.1, 0.15) is 6.92 Å². The van der Waals surface area contributed by atoms with Crippen molar-refractivity contribution in [3.05, 3.63) is 23.2 Å². The van der Waals surface area contributed by atoms with E-state index in [-0.39, 0.29) is 5.25 Å². The summed E-state index contributed by atoms with van der Waals surface area (Å²) in [4.78, 5) is 0.901. The maximum atomic E-state index is 8.60. The van der Waals surface area contributed by atoms with Crippen LogP contribution in [0.25, 0.3) is 0 Å². The molecule has 0 amide bonds. The minimum atomic E-state index is -0.0940. The monoisotopic (exact) mass is 212 g/mol.